The van der Waals surface area contributed by atoms with Crippen LogP contribution in [-0.4, -0.2) is 43.5 Å². The lowest BCUT2D eigenvalue weighted by Crippen LogP contribution is -2.19. The van der Waals surface area contributed by atoms with E-state index >= 15 is 0 Å². The lowest BCUT2D eigenvalue weighted by molar-refractivity contribution is 0.195. The third-order valence-electron chi connectivity index (χ3n) is 5.89. The molecule has 1 aliphatic heterocycles. The molecule has 1 aliphatic rings. The van der Waals surface area contributed by atoms with Crippen molar-refractivity contribution in [3.63, 3.8) is 0 Å². The van der Waals surface area contributed by atoms with Crippen molar-refractivity contribution in [1.29, 1.82) is 0 Å². The predicted molar refractivity (Wildman–Crippen MR) is 135 cm³/mol. The molecule has 0 spiro atoms. The molecular weight excluding hydrogens is 444 g/mol. The maximum absolute atomic E-state index is 9.66. The highest BCUT2D eigenvalue weighted by Crippen LogP contribution is 2.30. The normalized spacial score (nSPS) is 17.7. The number of aliphatic hydroxyl groups is 1. The van der Waals surface area contributed by atoms with Crippen molar-refractivity contribution in [2.45, 2.75) is 25.1 Å². The van der Waals surface area contributed by atoms with Gasteiger partial charge in [0, 0.05) is 24.0 Å². The standard InChI is InChI=1S/C26H22N6OS/c33-21-11-19(27-14-21)6-8-22-12-23-25(28-16-29-26(23)34-22)31-20-7-9-24-18(10-20)13-30-32(24)15-17-4-2-1-3-5-17/h1-5,7,9-10,12-13,16,19,21,27,33H,11,14-15H2,(H,28,29,31)/t19-,21-/m1/s1. The van der Waals surface area contributed by atoms with E-state index in [0.717, 1.165) is 44.0 Å². The van der Waals surface area contributed by atoms with Gasteiger partial charge in [-0.3, -0.25) is 4.68 Å². The first-order valence-corrected chi connectivity index (χ1v) is 12.0. The summed E-state index contributed by atoms with van der Waals surface area (Å²) < 4.78 is 2.01. The van der Waals surface area contributed by atoms with E-state index in [1.807, 2.05) is 41.2 Å². The molecule has 3 aromatic heterocycles. The molecule has 2 aromatic carbocycles. The van der Waals surface area contributed by atoms with Gasteiger partial charge in [-0.25, -0.2) is 9.97 Å². The first-order chi connectivity index (χ1) is 16.7. The summed E-state index contributed by atoms with van der Waals surface area (Å²) >= 11 is 1.54. The van der Waals surface area contributed by atoms with Gasteiger partial charge in [0.25, 0.3) is 0 Å². The number of anilines is 2. The Balaban J connectivity index is 1.24. The van der Waals surface area contributed by atoms with E-state index < -0.39 is 0 Å². The first-order valence-electron chi connectivity index (χ1n) is 11.2. The van der Waals surface area contributed by atoms with Crippen molar-refractivity contribution in [3.05, 3.63) is 77.6 Å². The van der Waals surface area contributed by atoms with E-state index in [2.05, 4.69) is 61.8 Å². The molecule has 6 rings (SSSR count). The highest BCUT2D eigenvalue weighted by Gasteiger charge is 2.19. The van der Waals surface area contributed by atoms with Crippen LogP contribution in [0.15, 0.2) is 67.1 Å². The van der Waals surface area contributed by atoms with E-state index in [9.17, 15) is 5.11 Å². The zero-order chi connectivity index (χ0) is 22.9. The lowest BCUT2D eigenvalue weighted by Gasteiger charge is -2.08. The minimum absolute atomic E-state index is 0.0263. The molecule has 4 heterocycles. The first kappa shape index (κ1) is 20.8. The number of hydrogen-bond acceptors (Lipinski definition) is 7. The van der Waals surface area contributed by atoms with Crippen LogP contribution >= 0.6 is 11.3 Å². The molecule has 0 aliphatic carbocycles. The summed E-state index contributed by atoms with van der Waals surface area (Å²) in [7, 11) is 0. The van der Waals surface area contributed by atoms with Crippen LogP contribution in [0.5, 0.6) is 0 Å². The smallest absolute Gasteiger partial charge is 0.142 e. The summed E-state index contributed by atoms with van der Waals surface area (Å²) in [5, 5.41) is 22.9. The number of fused-ring (bicyclic) bond motifs is 2. The molecule has 7 nitrogen and oxygen atoms in total. The minimum Gasteiger partial charge on any atom is -0.392 e. The Morgan fingerprint density at radius 2 is 2.06 bits per heavy atom. The number of aliphatic hydroxyl groups excluding tert-OH is 1. The number of nitrogens with zero attached hydrogens (tertiary/aromatic N) is 4. The maximum Gasteiger partial charge on any atom is 0.142 e. The summed E-state index contributed by atoms with van der Waals surface area (Å²) in [6.45, 7) is 1.33. The molecule has 0 bridgehead atoms. The quantitative estimate of drug-likeness (QED) is 0.348. The van der Waals surface area contributed by atoms with E-state index in [-0.39, 0.29) is 12.1 Å². The summed E-state index contributed by atoms with van der Waals surface area (Å²) in [6, 6.07) is 18.6. The Kier molecular flexibility index (Phi) is 5.43. The van der Waals surface area contributed by atoms with E-state index in [1.54, 1.807) is 17.7 Å². The largest absolute Gasteiger partial charge is 0.392 e. The SMILES string of the molecule is O[C@H]1CN[C@H](C#Cc2cc3c(Nc4ccc5c(cnn5Cc5ccccc5)c4)ncnc3s2)C1. The van der Waals surface area contributed by atoms with Crippen molar-refractivity contribution < 1.29 is 5.11 Å². The molecule has 1 saturated heterocycles. The number of benzene rings is 2. The fourth-order valence-corrected chi connectivity index (χ4v) is 5.05. The van der Waals surface area contributed by atoms with Gasteiger partial charge < -0.3 is 15.7 Å². The second-order valence-corrected chi connectivity index (χ2v) is 9.39. The maximum atomic E-state index is 9.66. The topological polar surface area (TPSA) is 87.9 Å². The third-order valence-corrected chi connectivity index (χ3v) is 6.84. The zero-order valence-electron chi connectivity index (χ0n) is 18.3. The van der Waals surface area contributed by atoms with Crippen LogP contribution in [0.3, 0.4) is 0 Å². The molecule has 34 heavy (non-hydrogen) atoms. The molecule has 168 valence electrons. The van der Waals surface area contributed by atoms with E-state index in [0.29, 0.717) is 13.0 Å². The summed E-state index contributed by atoms with van der Waals surface area (Å²) in [5.74, 6) is 7.18. The third kappa shape index (κ3) is 4.24. The van der Waals surface area contributed by atoms with Crippen LogP contribution in [0.1, 0.15) is 16.9 Å². The van der Waals surface area contributed by atoms with Gasteiger partial charge in [-0.2, -0.15) is 5.10 Å². The zero-order valence-corrected chi connectivity index (χ0v) is 19.1. The van der Waals surface area contributed by atoms with Crippen LogP contribution in [0.25, 0.3) is 21.1 Å². The van der Waals surface area contributed by atoms with Crippen molar-refractivity contribution in [2.24, 2.45) is 0 Å². The Hall–Kier alpha value is -3.77. The van der Waals surface area contributed by atoms with E-state index in [4.69, 9.17) is 0 Å². The predicted octanol–water partition coefficient (Wildman–Crippen LogP) is 3.91. The Bertz CT molecular complexity index is 1530. The summed E-state index contributed by atoms with van der Waals surface area (Å²) in [5.41, 5.74) is 3.24. The van der Waals surface area contributed by atoms with Crippen LogP contribution in [0.2, 0.25) is 0 Å². The monoisotopic (exact) mass is 466 g/mol. The van der Waals surface area contributed by atoms with Crippen molar-refractivity contribution in [2.75, 3.05) is 11.9 Å². The van der Waals surface area contributed by atoms with Gasteiger partial charge in [-0.15, -0.1) is 11.3 Å². The molecule has 0 amide bonds. The Morgan fingerprint density at radius 1 is 1.15 bits per heavy atom. The van der Waals surface area contributed by atoms with Crippen LogP contribution < -0.4 is 10.6 Å². The molecule has 8 heteroatoms. The highest BCUT2D eigenvalue weighted by atomic mass is 32.1. The summed E-state index contributed by atoms with van der Waals surface area (Å²) in [4.78, 5) is 10.7. The highest BCUT2D eigenvalue weighted by molar-refractivity contribution is 7.19. The van der Waals surface area contributed by atoms with Crippen molar-refractivity contribution in [1.82, 2.24) is 25.1 Å². The fraction of sp³-hybridized carbons (Fsp3) is 0.192. The minimum atomic E-state index is -0.314. The molecule has 5 aromatic rings. The molecule has 1 fully saturated rings. The fourth-order valence-electron chi connectivity index (χ4n) is 4.19. The molecule has 0 radical (unpaired) electrons. The van der Waals surface area contributed by atoms with Crippen LogP contribution in [0, 0.1) is 11.8 Å². The number of rotatable bonds is 4. The van der Waals surface area contributed by atoms with Crippen molar-refractivity contribution in [3.8, 4) is 11.8 Å². The van der Waals surface area contributed by atoms with Gasteiger partial charge in [-0.1, -0.05) is 42.2 Å². The lowest BCUT2D eigenvalue weighted by atomic mass is 10.2. The van der Waals surface area contributed by atoms with Gasteiger partial charge >= 0.3 is 0 Å². The average Bonchev–Trinajstić information content (AvgIpc) is 3.57. The average molecular weight is 467 g/mol. The number of β-amino-alcohol motifs (C(OH)–C–C–N with tert-alkyl or cyclic N) is 1. The second kappa shape index (κ2) is 8.88. The van der Waals surface area contributed by atoms with Gasteiger partial charge in [0.05, 0.1) is 40.7 Å². The van der Waals surface area contributed by atoms with Gasteiger partial charge in [0.2, 0.25) is 0 Å². The number of hydrogen-bond donors (Lipinski definition) is 3. The van der Waals surface area contributed by atoms with Crippen LogP contribution in [0.4, 0.5) is 11.5 Å². The molecule has 0 unspecified atom stereocenters. The van der Waals surface area contributed by atoms with Gasteiger partial charge in [-0.05, 0) is 29.8 Å². The molecule has 3 N–H and O–H groups in total. The van der Waals surface area contributed by atoms with Gasteiger partial charge in [0.1, 0.15) is 17.0 Å². The molecular formula is C26H22N6OS. The molecule has 2 atom stereocenters. The Labute approximate surface area is 200 Å². The van der Waals surface area contributed by atoms with E-state index in [1.165, 1.54) is 5.56 Å². The Morgan fingerprint density at radius 3 is 2.91 bits per heavy atom. The van der Waals surface area contributed by atoms with Gasteiger partial charge in [0.15, 0.2) is 0 Å². The number of aromatic nitrogens is 4. The molecule has 0 saturated carbocycles. The van der Waals surface area contributed by atoms with Crippen LogP contribution in [-0.2, 0) is 6.54 Å². The number of nitrogens with one attached hydrogen (secondary N) is 2. The number of thiophene rings is 1. The van der Waals surface area contributed by atoms with Crippen molar-refractivity contribution >= 4 is 44.0 Å². The summed E-state index contributed by atoms with van der Waals surface area (Å²) in [6.07, 6.45) is 3.82. The second-order valence-electron chi connectivity index (χ2n) is 8.36.